The molecule has 0 bridgehead atoms. The summed E-state index contributed by atoms with van der Waals surface area (Å²) in [6.45, 7) is 4.00. The van der Waals surface area contributed by atoms with Gasteiger partial charge in [-0.25, -0.2) is 13.4 Å². The number of piperidine rings is 1. The van der Waals surface area contributed by atoms with Gasteiger partial charge in [-0.3, -0.25) is 9.97 Å². The average molecular weight is 465 g/mol. The first-order valence-corrected chi connectivity index (χ1v) is 13.3. The minimum atomic E-state index is -3.21. The highest BCUT2D eigenvalue weighted by Crippen LogP contribution is 2.37. The van der Waals surface area contributed by atoms with Crippen LogP contribution in [-0.2, 0) is 22.7 Å². The molecule has 0 aliphatic carbocycles. The van der Waals surface area contributed by atoms with Gasteiger partial charge in [-0.05, 0) is 43.4 Å². The predicted octanol–water partition coefficient (Wildman–Crippen LogP) is 3.72. The van der Waals surface area contributed by atoms with Gasteiger partial charge in [0.1, 0.15) is 17.7 Å². The Labute approximate surface area is 194 Å². The van der Waals surface area contributed by atoms with Crippen LogP contribution in [0.2, 0.25) is 0 Å². The van der Waals surface area contributed by atoms with Crippen molar-refractivity contribution in [1.82, 2.24) is 15.0 Å². The second-order valence-electron chi connectivity index (χ2n) is 8.88. The maximum Gasteiger partial charge on any atom is 0.175 e. The van der Waals surface area contributed by atoms with Crippen LogP contribution in [0.25, 0.3) is 11.3 Å². The smallest absolute Gasteiger partial charge is 0.175 e. The van der Waals surface area contributed by atoms with Gasteiger partial charge in [0.15, 0.2) is 9.84 Å². The fraction of sp³-hybridized carbons (Fsp3) is 0.400. The Morgan fingerprint density at radius 2 is 1.79 bits per heavy atom. The molecule has 0 amide bonds. The van der Waals surface area contributed by atoms with Crippen LogP contribution in [0.3, 0.4) is 0 Å². The first-order valence-electron chi connectivity index (χ1n) is 11.4. The molecule has 1 fully saturated rings. The number of ether oxygens (including phenoxy) is 1. The number of fused-ring (bicyclic) bond motifs is 1. The van der Waals surface area contributed by atoms with Gasteiger partial charge in [0.05, 0.1) is 34.9 Å². The Morgan fingerprint density at radius 1 is 1.03 bits per heavy atom. The summed E-state index contributed by atoms with van der Waals surface area (Å²) in [5, 5.41) is 0. The standard InChI is InChI=1S/C25H28N4O3S/c1-3-20-14-28-25(16-26-20)29-10-8-18(9-11-29)23-13-19-12-22(27-15-24(19)32-23)17-4-6-21(7-5-17)33(2,30)31/h4-7,12,14-16,18,23H,3,8-11,13H2,1-2H3. The molecule has 2 aliphatic heterocycles. The molecule has 5 rings (SSSR count). The van der Waals surface area contributed by atoms with E-state index in [1.165, 1.54) is 11.8 Å². The van der Waals surface area contributed by atoms with Crippen molar-refractivity contribution in [1.29, 1.82) is 0 Å². The summed E-state index contributed by atoms with van der Waals surface area (Å²) in [6.07, 6.45) is 10.8. The van der Waals surface area contributed by atoms with E-state index < -0.39 is 9.84 Å². The van der Waals surface area contributed by atoms with Crippen LogP contribution >= 0.6 is 0 Å². The van der Waals surface area contributed by atoms with Gasteiger partial charge in [-0.2, -0.15) is 0 Å². The maximum absolute atomic E-state index is 11.7. The van der Waals surface area contributed by atoms with Crippen LogP contribution in [0.15, 0.2) is 53.8 Å². The Balaban J connectivity index is 1.23. The Bertz CT molecular complexity index is 1240. The van der Waals surface area contributed by atoms with Crippen molar-refractivity contribution in [3.63, 3.8) is 0 Å². The molecule has 0 N–H and O–H groups in total. The molecule has 8 heteroatoms. The number of pyridine rings is 1. The summed E-state index contributed by atoms with van der Waals surface area (Å²) < 4.78 is 29.7. The number of hydrogen-bond acceptors (Lipinski definition) is 7. The number of aryl methyl sites for hydroxylation is 1. The average Bonchev–Trinajstić information content (AvgIpc) is 3.27. The van der Waals surface area contributed by atoms with Gasteiger partial charge < -0.3 is 9.64 Å². The SMILES string of the molecule is CCc1cnc(N2CCC(C3Cc4cc(-c5ccc(S(C)(=O)=O)cc5)ncc4O3)CC2)cn1. The molecule has 4 heterocycles. The van der Waals surface area contributed by atoms with E-state index >= 15 is 0 Å². The molecule has 0 radical (unpaired) electrons. The minimum Gasteiger partial charge on any atom is -0.488 e. The topological polar surface area (TPSA) is 85.3 Å². The number of hydrogen-bond donors (Lipinski definition) is 0. The molecule has 2 aliphatic rings. The molecule has 1 atom stereocenters. The molecule has 33 heavy (non-hydrogen) atoms. The van der Waals surface area contributed by atoms with E-state index in [0.717, 1.165) is 67.3 Å². The van der Waals surface area contributed by atoms with E-state index in [9.17, 15) is 8.42 Å². The minimum absolute atomic E-state index is 0.167. The van der Waals surface area contributed by atoms with Gasteiger partial charge >= 0.3 is 0 Å². The van der Waals surface area contributed by atoms with Crippen molar-refractivity contribution in [2.75, 3.05) is 24.2 Å². The highest BCUT2D eigenvalue weighted by molar-refractivity contribution is 7.90. The number of anilines is 1. The maximum atomic E-state index is 11.7. The lowest BCUT2D eigenvalue weighted by Crippen LogP contribution is -2.39. The van der Waals surface area contributed by atoms with Gasteiger partial charge in [0.2, 0.25) is 0 Å². The van der Waals surface area contributed by atoms with Gasteiger partial charge in [-0.15, -0.1) is 0 Å². The Kier molecular flexibility index (Phi) is 5.78. The molecule has 0 saturated carbocycles. The molecule has 3 aromatic rings. The van der Waals surface area contributed by atoms with E-state index in [-0.39, 0.29) is 6.10 Å². The van der Waals surface area contributed by atoms with Gasteiger partial charge in [0.25, 0.3) is 0 Å². The molecule has 1 saturated heterocycles. The summed E-state index contributed by atoms with van der Waals surface area (Å²) in [4.78, 5) is 16.2. The summed E-state index contributed by atoms with van der Waals surface area (Å²) in [5.41, 5.74) is 3.92. The van der Waals surface area contributed by atoms with Crippen molar-refractivity contribution >= 4 is 15.7 Å². The van der Waals surface area contributed by atoms with Crippen molar-refractivity contribution < 1.29 is 13.2 Å². The third-order valence-corrected chi connectivity index (χ3v) is 7.80. The van der Waals surface area contributed by atoms with Crippen LogP contribution in [0.4, 0.5) is 5.82 Å². The summed E-state index contributed by atoms with van der Waals surface area (Å²) >= 11 is 0. The summed E-state index contributed by atoms with van der Waals surface area (Å²) in [6, 6.07) is 8.96. The summed E-state index contributed by atoms with van der Waals surface area (Å²) in [5.74, 6) is 2.31. The quantitative estimate of drug-likeness (QED) is 0.569. The second-order valence-corrected chi connectivity index (χ2v) is 10.9. The normalized spacial score (nSPS) is 18.7. The highest BCUT2D eigenvalue weighted by atomic mass is 32.2. The third kappa shape index (κ3) is 4.57. The lowest BCUT2D eigenvalue weighted by Gasteiger charge is -2.34. The van der Waals surface area contributed by atoms with Crippen LogP contribution in [-0.4, -0.2) is 48.8 Å². The van der Waals surface area contributed by atoms with Gasteiger partial charge in [-0.1, -0.05) is 19.1 Å². The predicted molar refractivity (Wildman–Crippen MR) is 127 cm³/mol. The third-order valence-electron chi connectivity index (χ3n) is 6.67. The number of sulfone groups is 1. The van der Waals surface area contributed by atoms with Crippen LogP contribution in [0, 0.1) is 5.92 Å². The molecule has 2 aromatic heterocycles. The molecular weight excluding hydrogens is 436 g/mol. The highest BCUT2D eigenvalue weighted by Gasteiger charge is 2.33. The lowest BCUT2D eigenvalue weighted by atomic mass is 9.89. The van der Waals surface area contributed by atoms with E-state index in [2.05, 4.69) is 32.8 Å². The van der Waals surface area contributed by atoms with Crippen LogP contribution < -0.4 is 9.64 Å². The molecule has 172 valence electrons. The number of benzene rings is 1. The van der Waals surface area contributed by atoms with Crippen LogP contribution in [0.5, 0.6) is 5.75 Å². The van der Waals surface area contributed by atoms with Gasteiger partial charge in [0, 0.05) is 36.9 Å². The first-order chi connectivity index (χ1) is 15.9. The van der Waals surface area contributed by atoms with Crippen molar-refractivity contribution in [2.45, 2.75) is 43.6 Å². The molecule has 7 nitrogen and oxygen atoms in total. The van der Waals surface area contributed by atoms with Crippen molar-refractivity contribution in [3.8, 4) is 17.0 Å². The van der Waals surface area contributed by atoms with Crippen molar-refractivity contribution in [3.05, 3.63) is 60.2 Å². The Morgan fingerprint density at radius 3 is 2.42 bits per heavy atom. The number of aromatic nitrogens is 3. The number of rotatable bonds is 5. The Hall–Kier alpha value is -3.00. The summed E-state index contributed by atoms with van der Waals surface area (Å²) in [7, 11) is -3.21. The fourth-order valence-electron chi connectivity index (χ4n) is 4.66. The van der Waals surface area contributed by atoms with E-state index in [1.54, 1.807) is 18.3 Å². The molecule has 0 spiro atoms. The zero-order valence-electron chi connectivity index (χ0n) is 18.9. The van der Waals surface area contributed by atoms with E-state index in [0.29, 0.717) is 10.8 Å². The van der Waals surface area contributed by atoms with Crippen LogP contribution in [0.1, 0.15) is 31.0 Å². The van der Waals surface area contributed by atoms with E-state index in [1.807, 2.05) is 24.5 Å². The monoisotopic (exact) mass is 464 g/mol. The molecular formula is C25H28N4O3S. The zero-order valence-corrected chi connectivity index (χ0v) is 19.8. The number of nitrogens with zero attached hydrogens (tertiary/aromatic N) is 4. The fourth-order valence-corrected chi connectivity index (χ4v) is 5.29. The zero-order chi connectivity index (χ0) is 23.0. The van der Waals surface area contributed by atoms with E-state index in [4.69, 9.17) is 4.74 Å². The first kappa shape index (κ1) is 21.8. The lowest BCUT2D eigenvalue weighted by molar-refractivity contribution is 0.138. The largest absolute Gasteiger partial charge is 0.488 e. The molecule has 1 aromatic carbocycles. The second kappa shape index (κ2) is 8.74. The van der Waals surface area contributed by atoms with Crippen molar-refractivity contribution in [2.24, 2.45) is 5.92 Å². The molecule has 1 unspecified atom stereocenters.